The van der Waals surface area contributed by atoms with Crippen molar-refractivity contribution in [3.63, 3.8) is 0 Å². The number of hydrogen-bond acceptors (Lipinski definition) is 5. The molecular weight excluding hydrogens is 358 g/mol. The Balaban J connectivity index is 1.74. The average molecular weight is 392 g/mol. The number of piperidine rings is 1. The van der Waals surface area contributed by atoms with Gasteiger partial charge in [0.25, 0.3) is 0 Å². The van der Waals surface area contributed by atoms with Crippen LogP contribution < -0.4 is 15.0 Å². The number of carbonyl (C=O) groups is 1. The number of nitrogens with zero attached hydrogens (tertiary/aromatic N) is 2. The Morgan fingerprint density at radius 1 is 1.21 bits per heavy atom. The number of hydrogen-bond donors (Lipinski definition) is 2. The summed E-state index contributed by atoms with van der Waals surface area (Å²) in [7, 11) is 1.66. The maximum absolute atomic E-state index is 12.5. The number of amides is 2. The number of nitrogens with one attached hydrogen (secondary N) is 1. The molecule has 156 valence electrons. The highest BCUT2D eigenvalue weighted by Crippen LogP contribution is 2.43. The zero-order valence-corrected chi connectivity index (χ0v) is 17.2. The van der Waals surface area contributed by atoms with Gasteiger partial charge >= 0.3 is 6.03 Å². The van der Waals surface area contributed by atoms with Gasteiger partial charge in [0.15, 0.2) is 0 Å². The summed E-state index contributed by atoms with van der Waals surface area (Å²) in [5.74, 6) is 1.26. The monoisotopic (exact) mass is 391 g/mol. The van der Waals surface area contributed by atoms with Crippen LogP contribution in [0.4, 0.5) is 10.5 Å². The van der Waals surface area contributed by atoms with Gasteiger partial charge in [-0.2, -0.15) is 0 Å². The molecule has 2 amide bonds. The molecule has 28 heavy (non-hydrogen) atoms. The van der Waals surface area contributed by atoms with Crippen molar-refractivity contribution in [2.24, 2.45) is 11.3 Å². The van der Waals surface area contributed by atoms with Crippen molar-refractivity contribution in [2.45, 2.75) is 26.3 Å². The molecule has 3 aliphatic rings. The van der Waals surface area contributed by atoms with E-state index in [4.69, 9.17) is 14.6 Å². The molecule has 3 aliphatic heterocycles. The van der Waals surface area contributed by atoms with Crippen LogP contribution in [0.25, 0.3) is 0 Å². The SMILES string of the molecule is COCCOc1ccc(N2CC3CN(C(=O)NCCO)C[C@@H]2C(C)(C)C3)cc1. The third kappa shape index (κ3) is 4.70. The van der Waals surface area contributed by atoms with Crippen LogP contribution in [-0.2, 0) is 4.74 Å². The van der Waals surface area contributed by atoms with E-state index >= 15 is 0 Å². The van der Waals surface area contributed by atoms with Crippen LogP contribution in [-0.4, -0.2) is 75.2 Å². The number of anilines is 1. The molecule has 2 bridgehead atoms. The summed E-state index contributed by atoms with van der Waals surface area (Å²) < 4.78 is 10.7. The standard InChI is InChI=1S/C21H33N3O4/c1-21(2)12-16-13-23(20(26)22-8-9-25)15-19(21)24(14-16)17-4-6-18(7-5-17)28-11-10-27-3/h4-7,16,19,25H,8-15H2,1-3H3,(H,22,26)/t16?,19-/m1/s1. The van der Waals surface area contributed by atoms with Crippen molar-refractivity contribution in [3.8, 4) is 5.75 Å². The van der Waals surface area contributed by atoms with E-state index in [0.717, 1.165) is 25.3 Å². The van der Waals surface area contributed by atoms with Crippen LogP contribution in [0.1, 0.15) is 20.3 Å². The van der Waals surface area contributed by atoms with Crippen LogP contribution in [0, 0.1) is 11.3 Å². The van der Waals surface area contributed by atoms with E-state index in [-0.39, 0.29) is 24.1 Å². The van der Waals surface area contributed by atoms with Gasteiger partial charge in [-0.3, -0.25) is 0 Å². The van der Waals surface area contributed by atoms with Crippen molar-refractivity contribution in [2.75, 3.05) is 58.0 Å². The molecule has 2 atom stereocenters. The van der Waals surface area contributed by atoms with Crippen LogP contribution in [0.2, 0.25) is 0 Å². The molecule has 4 rings (SSSR count). The largest absolute Gasteiger partial charge is 0.491 e. The molecule has 0 spiro atoms. The minimum atomic E-state index is -0.0782. The number of ether oxygens (including phenoxy) is 2. The fourth-order valence-electron chi connectivity index (χ4n) is 4.54. The second-order valence-electron chi connectivity index (χ2n) is 8.42. The highest BCUT2D eigenvalue weighted by atomic mass is 16.5. The average Bonchev–Trinajstić information content (AvgIpc) is 2.94. The maximum atomic E-state index is 12.5. The molecule has 0 radical (unpaired) electrons. The predicted molar refractivity (Wildman–Crippen MR) is 109 cm³/mol. The Morgan fingerprint density at radius 2 is 1.96 bits per heavy atom. The number of benzene rings is 1. The second kappa shape index (κ2) is 9.01. The highest BCUT2D eigenvalue weighted by Gasteiger charge is 2.46. The van der Waals surface area contributed by atoms with Gasteiger partial charge in [-0.1, -0.05) is 13.8 Å². The molecule has 1 aromatic carbocycles. The fraction of sp³-hybridized carbons (Fsp3) is 0.667. The lowest BCUT2D eigenvalue weighted by molar-refractivity contribution is 0.146. The summed E-state index contributed by atoms with van der Waals surface area (Å²) in [5.41, 5.74) is 1.28. The summed E-state index contributed by atoms with van der Waals surface area (Å²) in [6.07, 6.45) is 1.11. The van der Waals surface area contributed by atoms with Crippen molar-refractivity contribution >= 4 is 11.7 Å². The van der Waals surface area contributed by atoms with Gasteiger partial charge in [-0.25, -0.2) is 4.79 Å². The third-order valence-electron chi connectivity index (χ3n) is 5.82. The van der Waals surface area contributed by atoms with Crippen LogP contribution in [0.5, 0.6) is 5.75 Å². The Hall–Kier alpha value is -1.99. The molecule has 0 aromatic heterocycles. The fourth-order valence-corrected chi connectivity index (χ4v) is 4.54. The van der Waals surface area contributed by atoms with Gasteiger partial charge in [-0.05, 0) is 42.0 Å². The Kier molecular flexibility index (Phi) is 6.67. The molecule has 1 aromatic rings. The van der Waals surface area contributed by atoms with E-state index in [0.29, 0.717) is 32.2 Å². The molecule has 1 unspecified atom stereocenters. The molecule has 7 nitrogen and oxygen atoms in total. The second-order valence-corrected chi connectivity index (χ2v) is 8.42. The first-order valence-electron chi connectivity index (χ1n) is 10.1. The number of methoxy groups -OCH3 is 1. The zero-order valence-electron chi connectivity index (χ0n) is 17.2. The van der Waals surface area contributed by atoms with Crippen molar-refractivity contribution in [1.29, 1.82) is 0 Å². The van der Waals surface area contributed by atoms with E-state index in [2.05, 4.69) is 36.2 Å². The molecule has 2 N–H and O–H groups in total. The Morgan fingerprint density at radius 3 is 2.64 bits per heavy atom. The summed E-state index contributed by atoms with van der Waals surface area (Å²) >= 11 is 0. The predicted octanol–water partition coefficient (Wildman–Crippen LogP) is 1.95. The van der Waals surface area contributed by atoms with Gasteiger partial charge in [0.05, 0.1) is 19.3 Å². The van der Waals surface area contributed by atoms with Gasteiger partial charge in [0, 0.05) is 39.0 Å². The van der Waals surface area contributed by atoms with Gasteiger partial charge in [-0.15, -0.1) is 0 Å². The lowest BCUT2D eigenvalue weighted by Gasteiger charge is -2.48. The summed E-state index contributed by atoms with van der Waals surface area (Å²) in [5, 5.41) is 11.8. The van der Waals surface area contributed by atoms with Crippen LogP contribution in [0.15, 0.2) is 24.3 Å². The number of fused-ring (bicyclic) bond motifs is 4. The molecular formula is C21H33N3O4. The Labute approximate surface area is 167 Å². The quantitative estimate of drug-likeness (QED) is 0.695. The van der Waals surface area contributed by atoms with Crippen molar-refractivity contribution in [1.82, 2.24) is 10.2 Å². The molecule has 0 saturated carbocycles. The van der Waals surface area contributed by atoms with Gasteiger partial charge in [0.2, 0.25) is 0 Å². The molecule has 7 heteroatoms. The van der Waals surface area contributed by atoms with Gasteiger partial charge in [0.1, 0.15) is 12.4 Å². The van der Waals surface area contributed by atoms with Gasteiger partial charge < -0.3 is 29.7 Å². The normalized spacial score (nSPS) is 23.4. The number of rotatable bonds is 7. The van der Waals surface area contributed by atoms with E-state index in [1.54, 1.807) is 7.11 Å². The molecule has 3 saturated heterocycles. The number of carbonyl (C=O) groups excluding carboxylic acids is 1. The molecule has 3 fully saturated rings. The maximum Gasteiger partial charge on any atom is 0.317 e. The first-order chi connectivity index (χ1) is 13.4. The van der Waals surface area contributed by atoms with Crippen LogP contribution >= 0.6 is 0 Å². The number of aliphatic hydroxyl groups excluding tert-OH is 1. The minimum absolute atomic E-state index is 0.0388. The molecule has 0 aliphatic carbocycles. The van der Waals surface area contributed by atoms with E-state index in [9.17, 15) is 4.79 Å². The summed E-state index contributed by atoms with van der Waals surface area (Å²) in [6.45, 7) is 8.35. The molecule has 3 heterocycles. The lowest BCUT2D eigenvalue weighted by Crippen LogP contribution is -2.54. The number of urea groups is 1. The highest BCUT2D eigenvalue weighted by molar-refractivity contribution is 5.74. The topological polar surface area (TPSA) is 74.3 Å². The Bertz CT molecular complexity index is 650. The first kappa shape index (κ1) is 20.7. The van der Waals surface area contributed by atoms with E-state index in [1.807, 2.05) is 17.0 Å². The van der Waals surface area contributed by atoms with Crippen molar-refractivity contribution < 1.29 is 19.4 Å². The van der Waals surface area contributed by atoms with Crippen LogP contribution in [0.3, 0.4) is 0 Å². The summed E-state index contributed by atoms with van der Waals surface area (Å²) in [6, 6.07) is 8.38. The van der Waals surface area contributed by atoms with E-state index in [1.165, 1.54) is 5.69 Å². The van der Waals surface area contributed by atoms with Crippen molar-refractivity contribution in [3.05, 3.63) is 24.3 Å². The first-order valence-corrected chi connectivity index (χ1v) is 10.1. The lowest BCUT2D eigenvalue weighted by atomic mass is 9.73. The summed E-state index contributed by atoms with van der Waals surface area (Å²) in [4.78, 5) is 16.9. The minimum Gasteiger partial charge on any atom is -0.491 e. The zero-order chi connectivity index (χ0) is 20.1. The number of aliphatic hydroxyl groups is 1. The smallest absolute Gasteiger partial charge is 0.317 e. The third-order valence-corrected chi connectivity index (χ3v) is 5.82. The van der Waals surface area contributed by atoms with E-state index < -0.39 is 0 Å².